The van der Waals surface area contributed by atoms with Gasteiger partial charge >= 0.3 is 0 Å². The lowest BCUT2D eigenvalue weighted by Crippen LogP contribution is -2.06. The average molecular weight is 207 g/mol. The highest BCUT2D eigenvalue weighted by molar-refractivity contribution is 5.77. The molecule has 0 aromatic carbocycles. The summed E-state index contributed by atoms with van der Waals surface area (Å²) >= 11 is 0. The highest BCUT2D eigenvalue weighted by Crippen LogP contribution is 2.21. The van der Waals surface area contributed by atoms with E-state index in [-0.39, 0.29) is 0 Å². The Morgan fingerprint density at radius 2 is 2.07 bits per heavy atom. The zero-order valence-corrected chi connectivity index (χ0v) is 9.49. The van der Waals surface area contributed by atoms with Crippen LogP contribution in [0.3, 0.4) is 0 Å². The molecule has 2 heterocycles. The van der Waals surface area contributed by atoms with Crippen molar-refractivity contribution >= 4 is 17.1 Å². The molecule has 2 aromatic rings. The minimum atomic E-state index is 0.592. The molecule has 0 saturated carbocycles. The van der Waals surface area contributed by atoms with Gasteiger partial charge in [-0.05, 0) is 12.8 Å². The first-order valence-electron chi connectivity index (χ1n) is 5.36. The van der Waals surface area contributed by atoms with E-state index < -0.39 is 0 Å². The van der Waals surface area contributed by atoms with Gasteiger partial charge in [-0.25, -0.2) is 4.98 Å². The number of hydrogen-bond donors (Lipinski definition) is 1. The van der Waals surface area contributed by atoms with Gasteiger partial charge in [0.2, 0.25) is 5.95 Å². The van der Waals surface area contributed by atoms with E-state index >= 15 is 0 Å². The molecule has 0 fully saturated rings. The van der Waals surface area contributed by atoms with Gasteiger partial charge in [0.1, 0.15) is 5.52 Å². The quantitative estimate of drug-likeness (QED) is 0.825. The highest BCUT2D eigenvalue weighted by atomic mass is 15.3. The molecular weight excluding hydrogens is 190 g/mol. The summed E-state index contributed by atoms with van der Waals surface area (Å²) in [5, 5.41) is 4.43. The second-order valence-corrected chi connectivity index (χ2v) is 3.72. The minimum Gasteiger partial charge on any atom is -0.369 e. The first-order chi connectivity index (χ1) is 7.19. The van der Waals surface area contributed by atoms with Crippen LogP contribution in [0.1, 0.15) is 26.0 Å². The third-order valence-electron chi connectivity index (χ3n) is 2.60. The topological polar surface area (TPSA) is 61.7 Å². The van der Waals surface area contributed by atoms with Crippen molar-refractivity contribution in [3.05, 3.63) is 5.69 Å². The van der Waals surface area contributed by atoms with Gasteiger partial charge in [-0.1, -0.05) is 13.8 Å². The van der Waals surface area contributed by atoms with Crippen LogP contribution in [0.4, 0.5) is 5.95 Å². The number of hydrogen-bond acceptors (Lipinski definition) is 3. The molecule has 5 heteroatoms. The fraction of sp³-hybridized carbons (Fsp3) is 0.600. The summed E-state index contributed by atoms with van der Waals surface area (Å²) < 4.78 is 3.90. The van der Waals surface area contributed by atoms with Crippen molar-refractivity contribution in [3.8, 4) is 0 Å². The molecule has 2 N–H and O–H groups in total. The molecule has 5 nitrogen and oxygen atoms in total. The van der Waals surface area contributed by atoms with Crippen LogP contribution in [0.2, 0.25) is 0 Å². The molecule has 15 heavy (non-hydrogen) atoms. The number of fused-ring (bicyclic) bond motifs is 1. The van der Waals surface area contributed by atoms with Crippen molar-refractivity contribution in [1.82, 2.24) is 19.3 Å². The van der Waals surface area contributed by atoms with Gasteiger partial charge in [-0.15, -0.1) is 0 Å². The Morgan fingerprint density at radius 3 is 2.67 bits per heavy atom. The Kier molecular flexibility index (Phi) is 2.38. The first-order valence-corrected chi connectivity index (χ1v) is 5.36. The molecule has 0 aliphatic rings. The molecule has 2 rings (SSSR count). The molecule has 0 aliphatic carbocycles. The van der Waals surface area contributed by atoms with E-state index in [0.717, 1.165) is 36.2 Å². The van der Waals surface area contributed by atoms with Crippen LogP contribution in [-0.4, -0.2) is 19.3 Å². The van der Waals surface area contributed by atoms with E-state index in [1.165, 1.54) is 0 Å². The van der Waals surface area contributed by atoms with Crippen molar-refractivity contribution in [2.45, 2.75) is 33.2 Å². The van der Waals surface area contributed by atoms with Crippen LogP contribution in [0.25, 0.3) is 11.2 Å². The second kappa shape index (κ2) is 3.56. The molecule has 0 spiro atoms. The Bertz CT molecular complexity index is 479. The van der Waals surface area contributed by atoms with E-state index in [1.54, 1.807) is 0 Å². The molecule has 0 radical (unpaired) electrons. The Hall–Kier alpha value is -1.52. The van der Waals surface area contributed by atoms with E-state index in [0.29, 0.717) is 5.95 Å². The minimum absolute atomic E-state index is 0.592. The largest absolute Gasteiger partial charge is 0.369 e. The molecular formula is C10H17N5. The van der Waals surface area contributed by atoms with Gasteiger partial charge in [0.15, 0.2) is 5.65 Å². The predicted molar refractivity (Wildman–Crippen MR) is 60.6 cm³/mol. The zero-order chi connectivity index (χ0) is 11.0. The smallest absolute Gasteiger partial charge is 0.202 e. The number of aromatic nitrogens is 4. The number of nitrogens with two attached hydrogens (primary N) is 1. The first kappa shape index (κ1) is 10.0. The van der Waals surface area contributed by atoms with Crippen LogP contribution in [0.5, 0.6) is 0 Å². The lowest BCUT2D eigenvalue weighted by atomic mass is 10.3. The second-order valence-electron chi connectivity index (χ2n) is 3.72. The Labute approximate surface area is 88.9 Å². The van der Waals surface area contributed by atoms with Crippen molar-refractivity contribution < 1.29 is 0 Å². The fourth-order valence-corrected chi connectivity index (χ4v) is 1.94. The van der Waals surface area contributed by atoms with E-state index in [4.69, 9.17) is 5.73 Å². The third-order valence-corrected chi connectivity index (χ3v) is 2.60. The number of anilines is 1. The molecule has 0 unspecified atom stereocenters. The number of aryl methyl sites for hydroxylation is 3. The molecule has 82 valence electrons. The van der Waals surface area contributed by atoms with Gasteiger partial charge in [-0.2, -0.15) is 5.10 Å². The van der Waals surface area contributed by atoms with Crippen molar-refractivity contribution in [3.63, 3.8) is 0 Å². The van der Waals surface area contributed by atoms with Crippen LogP contribution < -0.4 is 5.73 Å². The lowest BCUT2D eigenvalue weighted by Gasteiger charge is -2.03. The summed E-state index contributed by atoms with van der Waals surface area (Å²) in [6.45, 7) is 5.10. The molecule has 2 aromatic heterocycles. The van der Waals surface area contributed by atoms with Gasteiger partial charge in [0.25, 0.3) is 0 Å². The monoisotopic (exact) mass is 207 g/mol. The lowest BCUT2D eigenvalue weighted by molar-refractivity contribution is 0.665. The molecule has 0 aliphatic heterocycles. The maximum atomic E-state index is 5.89. The maximum absolute atomic E-state index is 5.89. The SMILES string of the molecule is CCCn1c(N)nc2c(CC)nn(C)c21. The van der Waals surface area contributed by atoms with Crippen molar-refractivity contribution in [1.29, 1.82) is 0 Å². The summed E-state index contributed by atoms with van der Waals surface area (Å²) in [4.78, 5) is 4.38. The van der Waals surface area contributed by atoms with Crippen LogP contribution >= 0.6 is 0 Å². The van der Waals surface area contributed by atoms with Gasteiger partial charge in [0.05, 0.1) is 5.69 Å². The number of imidazole rings is 1. The van der Waals surface area contributed by atoms with E-state index in [2.05, 4.69) is 23.9 Å². The molecule has 0 bridgehead atoms. The maximum Gasteiger partial charge on any atom is 0.202 e. The van der Waals surface area contributed by atoms with Gasteiger partial charge < -0.3 is 5.73 Å². The van der Waals surface area contributed by atoms with Crippen molar-refractivity contribution in [2.24, 2.45) is 7.05 Å². The number of nitrogen functional groups attached to an aromatic ring is 1. The van der Waals surface area contributed by atoms with Gasteiger partial charge in [0, 0.05) is 13.6 Å². The molecule has 0 saturated heterocycles. The Balaban J connectivity index is 2.69. The third kappa shape index (κ3) is 1.38. The van der Waals surface area contributed by atoms with Crippen LogP contribution in [-0.2, 0) is 20.0 Å². The summed E-state index contributed by atoms with van der Waals surface area (Å²) in [5.41, 5.74) is 8.89. The summed E-state index contributed by atoms with van der Waals surface area (Å²) in [6, 6.07) is 0. The molecule has 0 amide bonds. The van der Waals surface area contributed by atoms with Crippen LogP contribution in [0.15, 0.2) is 0 Å². The average Bonchev–Trinajstić information content (AvgIpc) is 2.67. The fourth-order valence-electron chi connectivity index (χ4n) is 1.94. The zero-order valence-electron chi connectivity index (χ0n) is 9.49. The van der Waals surface area contributed by atoms with Gasteiger partial charge in [-0.3, -0.25) is 9.25 Å². The Morgan fingerprint density at radius 1 is 1.33 bits per heavy atom. The summed E-state index contributed by atoms with van der Waals surface area (Å²) in [6.07, 6.45) is 1.93. The summed E-state index contributed by atoms with van der Waals surface area (Å²) in [7, 11) is 1.94. The normalized spacial score (nSPS) is 11.4. The van der Waals surface area contributed by atoms with Crippen LogP contribution in [0, 0.1) is 0 Å². The predicted octanol–water partition coefficient (Wildman–Crippen LogP) is 1.32. The highest BCUT2D eigenvalue weighted by Gasteiger charge is 2.15. The summed E-state index contributed by atoms with van der Waals surface area (Å²) in [5.74, 6) is 0.592. The van der Waals surface area contributed by atoms with Crippen molar-refractivity contribution in [2.75, 3.05) is 5.73 Å². The number of rotatable bonds is 3. The number of nitrogens with zero attached hydrogens (tertiary/aromatic N) is 4. The van der Waals surface area contributed by atoms with E-state index in [9.17, 15) is 0 Å². The molecule has 0 atom stereocenters. The van der Waals surface area contributed by atoms with E-state index in [1.807, 2.05) is 16.3 Å². The standard InChI is InChI=1S/C10H17N5/c1-4-6-15-9-8(12-10(15)11)7(5-2)13-14(9)3/h4-6H2,1-3H3,(H2,11,12).